The maximum Gasteiger partial charge on any atom is 0.243 e. The van der Waals surface area contributed by atoms with E-state index in [2.05, 4.69) is 34.6 Å². The van der Waals surface area contributed by atoms with Gasteiger partial charge in [0.15, 0.2) is 0 Å². The molecule has 6 nitrogen and oxygen atoms in total. The highest BCUT2D eigenvalue weighted by Gasteiger charge is 2.10. The summed E-state index contributed by atoms with van der Waals surface area (Å²) in [6, 6.07) is 14.5. The van der Waals surface area contributed by atoms with Crippen LogP contribution in [0.1, 0.15) is 30.9 Å². The minimum Gasteiger partial charge on any atom is -0.354 e. The molecular formula is C20H22FN5O. The quantitative estimate of drug-likeness (QED) is 0.697. The predicted octanol–water partition coefficient (Wildman–Crippen LogP) is 2.96. The molecular weight excluding hydrogens is 345 g/mol. The summed E-state index contributed by atoms with van der Waals surface area (Å²) in [6.45, 7) is 4.58. The van der Waals surface area contributed by atoms with Gasteiger partial charge < -0.3 is 5.32 Å². The van der Waals surface area contributed by atoms with Crippen molar-refractivity contribution in [2.24, 2.45) is 0 Å². The maximum atomic E-state index is 13.5. The van der Waals surface area contributed by atoms with Crippen LogP contribution in [0.4, 0.5) is 4.39 Å². The molecule has 3 aromatic rings. The van der Waals surface area contributed by atoms with E-state index in [1.165, 1.54) is 16.4 Å². The van der Waals surface area contributed by atoms with E-state index in [4.69, 9.17) is 0 Å². The number of tetrazole rings is 1. The average molecular weight is 367 g/mol. The third kappa shape index (κ3) is 4.97. The third-order valence-corrected chi connectivity index (χ3v) is 4.25. The smallest absolute Gasteiger partial charge is 0.243 e. The summed E-state index contributed by atoms with van der Waals surface area (Å²) in [6.07, 6.45) is 0.427. The summed E-state index contributed by atoms with van der Waals surface area (Å²) >= 11 is 0. The van der Waals surface area contributed by atoms with E-state index in [9.17, 15) is 9.18 Å². The zero-order chi connectivity index (χ0) is 19.2. The maximum absolute atomic E-state index is 13.5. The van der Waals surface area contributed by atoms with Crippen LogP contribution in [0.5, 0.6) is 0 Å². The second-order valence-corrected chi connectivity index (χ2v) is 6.61. The van der Waals surface area contributed by atoms with Gasteiger partial charge in [-0.1, -0.05) is 56.3 Å². The predicted molar refractivity (Wildman–Crippen MR) is 100 cm³/mol. The lowest BCUT2D eigenvalue weighted by molar-refractivity contribution is -0.122. The number of benzene rings is 2. The number of nitrogens with zero attached hydrogens (tertiary/aromatic N) is 4. The molecule has 0 aliphatic heterocycles. The van der Waals surface area contributed by atoms with Crippen molar-refractivity contribution in [2.75, 3.05) is 6.54 Å². The van der Waals surface area contributed by atoms with Crippen LogP contribution in [0.15, 0.2) is 48.5 Å². The number of aromatic nitrogens is 4. The van der Waals surface area contributed by atoms with Crippen molar-refractivity contribution in [3.63, 3.8) is 0 Å². The number of nitrogens with one attached hydrogen (secondary N) is 1. The fourth-order valence-corrected chi connectivity index (χ4v) is 2.66. The van der Waals surface area contributed by atoms with Crippen LogP contribution in [0, 0.1) is 5.82 Å². The van der Waals surface area contributed by atoms with E-state index in [0.717, 1.165) is 5.56 Å². The summed E-state index contributed by atoms with van der Waals surface area (Å²) in [5.41, 5.74) is 2.66. The lowest BCUT2D eigenvalue weighted by atomic mass is 10.0. The fourth-order valence-electron chi connectivity index (χ4n) is 2.66. The molecule has 0 aliphatic carbocycles. The van der Waals surface area contributed by atoms with E-state index in [-0.39, 0.29) is 18.3 Å². The molecule has 1 N–H and O–H groups in total. The normalized spacial score (nSPS) is 11.0. The van der Waals surface area contributed by atoms with Crippen molar-refractivity contribution in [1.82, 2.24) is 25.5 Å². The Hall–Kier alpha value is -3.09. The number of hydrogen-bond acceptors (Lipinski definition) is 4. The van der Waals surface area contributed by atoms with Gasteiger partial charge in [0.25, 0.3) is 0 Å². The summed E-state index contributed by atoms with van der Waals surface area (Å²) in [7, 11) is 0. The zero-order valence-electron chi connectivity index (χ0n) is 15.4. The van der Waals surface area contributed by atoms with Crippen molar-refractivity contribution in [1.29, 1.82) is 0 Å². The number of rotatable bonds is 7. The highest BCUT2D eigenvalue weighted by atomic mass is 19.1. The lowest BCUT2D eigenvalue weighted by Gasteiger charge is -2.05. The number of halogens is 1. The van der Waals surface area contributed by atoms with Crippen molar-refractivity contribution >= 4 is 5.91 Å². The molecule has 0 bridgehead atoms. The van der Waals surface area contributed by atoms with Crippen LogP contribution in [0.25, 0.3) is 11.4 Å². The van der Waals surface area contributed by atoms with Gasteiger partial charge in [-0.25, -0.2) is 4.39 Å². The van der Waals surface area contributed by atoms with Gasteiger partial charge in [0.05, 0.1) is 0 Å². The minimum absolute atomic E-state index is 0.0334. The minimum atomic E-state index is -0.266. The standard InChI is InChI=1S/C20H22FN5O/c1-14(2)15-7-9-17(10-8-15)20-23-25-26(24-20)13-19(27)22-12-11-16-5-3-4-6-18(16)21/h3-10,14H,11-13H2,1-2H3,(H,22,27). The average Bonchev–Trinajstić information content (AvgIpc) is 3.12. The van der Waals surface area contributed by atoms with Crippen LogP contribution >= 0.6 is 0 Å². The molecule has 2 aromatic carbocycles. The van der Waals surface area contributed by atoms with E-state index >= 15 is 0 Å². The molecule has 0 fully saturated rings. The second-order valence-electron chi connectivity index (χ2n) is 6.61. The molecule has 0 atom stereocenters. The molecule has 27 heavy (non-hydrogen) atoms. The van der Waals surface area contributed by atoms with Crippen LogP contribution in [0.3, 0.4) is 0 Å². The Morgan fingerprint density at radius 2 is 1.89 bits per heavy atom. The first-order valence-electron chi connectivity index (χ1n) is 8.91. The highest BCUT2D eigenvalue weighted by molar-refractivity contribution is 5.75. The topological polar surface area (TPSA) is 72.7 Å². The fraction of sp³-hybridized carbons (Fsp3) is 0.300. The number of amides is 1. The first kappa shape index (κ1) is 18.7. The van der Waals surface area contributed by atoms with Gasteiger partial charge in [0, 0.05) is 12.1 Å². The van der Waals surface area contributed by atoms with Gasteiger partial charge in [0.2, 0.25) is 11.7 Å². The molecule has 3 rings (SSSR count). The molecule has 140 valence electrons. The second kappa shape index (κ2) is 8.53. The van der Waals surface area contributed by atoms with E-state index in [1.54, 1.807) is 18.2 Å². The Labute approximate surface area is 157 Å². The number of hydrogen-bond donors (Lipinski definition) is 1. The van der Waals surface area contributed by atoms with Gasteiger partial charge >= 0.3 is 0 Å². The van der Waals surface area contributed by atoms with E-state index < -0.39 is 0 Å². The molecule has 0 saturated heterocycles. The van der Waals surface area contributed by atoms with Crippen LogP contribution in [0.2, 0.25) is 0 Å². The monoisotopic (exact) mass is 367 g/mol. The Morgan fingerprint density at radius 3 is 2.59 bits per heavy atom. The van der Waals surface area contributed by atoms with Crippen molar-refractivity contribution in [3.8, 4) is 11.4 Å². The van der Waals surface area contributed by atoms with Crippen molar-refractivity contribution < 1.29 is 9.18 Å². The van der Waals surface area contributed by atoms with Gasteiger partial charge in [0.1, 0.15) is 12.4 Å². The molecule has 1 amide bonds. The molecule has 7 heteroatoms. The summed E-state index contributed by atoms with van der Waals surface area (Å²) < 4.78 is 13.5. The number of carbonyl (C=O) groups is 1. The highest BCUT2D eigenvalue weighted by Crippen LogP contribution is 2.19. The Morgan fingerprint density at radius 1 is 1.15 bits per heavy atom. The molecule has 0 saturated carbocycles. The van der Waals surface area contributed by atoms with Crippen LogP contribution in [-0.4, -0.2) is 32.7 Å². The van der Waals surface area contributed by atoms with E-state index in [0.29, 0.717) is 30.3 Å². The first-order valence-corrected chi connectivity index (χ1v) is 8.91. The van der Waals surface area contributed by atoms with E-state index in [1.807, 2.05) is 24.3 Å². The van der Waals surface area contributed by atoms with Crippen LogP contribution < -0.4 is 5.32 Å². The molecule has 1 aromatic heterocycles. The van der Waals surface area contributed by atoms with Crippen molar-refractivity contribution in [3.05, 3.63) is 65.5 Å². The lowest BCUT2D eigenvalue weighted by Crippen LogP contribution is -2.30. The van der Waals surface area contributed by atoms with Gasteiger partial charge in [-0.2, -0.15) is 4.80 Å². The zero-order valence-corrected chi connectivity index (χ0v) is 15.4. The first-order chi connectivity index (χ1) is 13.0. The summed E-state index contributed by atoms with van der Waals surface area (Å²) in [4.78, 5) is 13.3. The summed E-state index contributed by atoms with van der Waals surface area (Å²) in [5, 5.41) is 14.9. The van der Waals surface area contributed by atoms with Crippen LogP contribution in [-0.2, 0) is 17.8 Å². The molecule has 0 radical (unpaired) electrons. The largest absolute Gasteiger partial charge is 0.354 e. The Kier molecular flexibility index (Phi) is 5.90. The number of carbonyl (C=O) groups excluding carboxylic acids is 1. The Bertz CT molecular complexity index is 905. The third-order valence-electron chi connectivity index (χ3n) is 4.25. The van der Waals surface area contributed by atoms with Gasteiger partial charge in [-0.05, 0) is 34.7 Å². The molecule has 0 aliphatic rings. The molecule has 0 unspecified atom stereocenters. The van der Waals surface area contributed by atoms with Crippen molar-refractivity contribution in [2.45, 2.75) is 32.7 Å². The molecule has 0 spiro atoms. The Balaban J connectivity index is 1.52. The van der Waals surface area contributed by atoms with Gasteiger partial charge in [-0.3, -0.25) is 4.79 Å². The SMILES string of the molecule is CC(C)c1ccc(-c2nnn(CC(=O)NCCc3ccccc3F)n2)cc1. The van der Waals surface area contributed by atoms with Gasteiger partial charge in [-0.15, -0.1) is 10.2 Å². The summed E-state index contributed by atoms with van der Waals surface area (Å²) in [5.74, 6) is 0.420. The molecule has 1 heterocycles.